The Morgan fingerprint density at radius 3 is 2.72 bits per heavy atom. The third kappa shape index (κ3) is 5.88. The molecule has 1 aromatic rings. The Hall–Kier alpha value is -1.74. The normalized spacial score (nSPS) is 23.7. The number of hydrogen-bond donors (Lipinski definition) is 2. The Labute approximate surface area is 174 Å². The maximum Gasteiger partial charge on any atom is 0.417 e. The maximum absolute atomic E-state index is 12.8. The summed E-state index contributed by atoms with van der Waals surface area (Å²) in [6.45, 7) is 7.02. The number of anilines is 1. The molecule has 2 atom stereocenters. The molecular formula is C19H28ClF3N6. The molecule has 2 aliphatic heterocycles. The van der Waals surface area contributed by atoms with Crippen LogP contribution in [0, 0.1) is 5.92 Å². The summed E-state index contributed by atoms with van der Waals surface area (Å²) in [6, 6.07) is 1.06. The van der Waals surface area contributed by atoms with E-state index in [1.54, 1.807) is 0 Å². The summed E-state index contributed by atoms with van der Waals surface area (Å²) in [5.41, 5.74) is -0.834. The Morgan fingerprint density at radius 2 is 2.10 bits per heavy atom. The standard InChI is InChI=1S/C19H28ClF3N6/c1-3-24-18(26-9-13-4-6-28(2)11-13)27-15-5-7-29(12-15)17-16(20)8-14(10-25-17)19(21,22)23/h8,10,13,15H,3-7,9,11-12H2,1-2H3,(H2,24,26,27). The SMILES string of the molecule is CCNC(=NCC1CCN(C)C1)NC1CCN(c2ncc(C(F)(F)F)cc2Cl)C1. The lowest BCUT2D eigenvalue weighted by molar-refractivity contribution is -0.137. The summed E-state index contributed by atoms with van der Waals surface area (Å²) in [4.78, 5) is 12.9. The zero-order chi connectivity index (χ0) is 21.0. The molecule has 3 heterocycles. The number of nitrogens with zero attached hydrogens (tertiary/aromatic N) is 4. The summed E-state index contributed by atoms with van der Waals surface area (Å²) in [5, 5.41) is 6.73. The zero-order valence-electron chi connectivity index (χ0n) is 16.8. The van der Waals surface area contributed by atoms with Crippen LogP contribution in [0.3, 0.4) is 0 Å². The summed E-state index contributed by atoms with van der Waals surface area (Å²) in [7, 11) is 2.13. The largest absolute Gasteiger partial charge is 0.417 e. The number of halogens is 4. The number of aliphatic imine (C=N–C) groups is 1. The van der Waals surface area contributed by atoms with Crippen molar-refractivity contribution in [1.82, 2.24) is 20.5 Å². The quantitative estimate of drug-likeness (QED) is 0.553. The van der Waals surface area contributed by atoms with Crippen LogP contribution in [0.4, 0.5) is 19.0 Å². The molecule has 6 nitrogen and oxygen atoms in total. The van der Waals surface area contributed by atoms with E-state index >= 15 is 0 Å². The van der Waals surface area contributed by atoms with Crippen LogP contribution in [0.2, 0.25) is 5.02 Å². The van der Waals surface area contributed by atoms with Gasteiger partial charge in [-0.05, 0) is 45.3 Å². The van der Waals surface area contributed by atoms with Crippen molar-refractivity contribution in [2.45, 2.75) is 32.0 Å². The van der Waals surface area contributed by atoms with Crippen LogP contribution in [-0.2, 0) is 6.18 Å². The van der Waals surface area contributed by atoms with Gasteiger partial charge in [-0.3, -0.25) is 4.99 Å². The lowest BCUT2D eigenvalue weighted by atomic mass is 10.1. The number of likely N-dealkylation sites (tertiary alicyclic amines) is 1. The average molecular weight is 433 g/mol. The molecule has 2 fully saturated rings. The molecule has 0 saturated carbocycles. The third-order valence-electron chi connectivity index (χ3n) is 5.32. The van der Waals surface area contributed by atoms with Crippen LogP contribution < -0.4 is 15.5 Å². The van der Waals surface area contributed by atoms with Crippen molar-refractivity contribution in [1.29, 1.82) is 0 Å². The number of hydrogen-bond acceptors (Lipinski definition) is 4. The molecule has 3 rings (SSSR count). The molecule has 0 amide bonds. The summed E-state index contributed by atoms with van der Waals surface area (Å²) in [6.07, 6.45) is -1.62. The minimum Gasteiger partial charge on any atom is -0.357 e. The first-order valence-corrected chi connectivity index (χ1v) is 10.3. The van der Waals surface area contributed by atoms with E-state index in [1.165, 1.54) is 0 Å². The molecule has 0 aromatic carbocycles. The Kier molecular flexibility index (Phi) is 7.10. The monoisotopic (exact) mass is 432 g/mol. The predicted molar refractivity (Wildman–Crippen MR) is 110 cm³/mol. The second kappa shape index (κ2) is 9.38. The highest BCUT2D eigenvalue weighted by atomic mass is 35.5. The Morgan fingerprint density at radius 1 is 1.31 bits per heavy atom. The summed E-state index contributed by atoms with van der Waals surface area (Å²) in [5.74, 6) is 1.74. The fraction of sp³-hybridized carbons (Fsp3) is 0.684. The average Bonchev–Trinajstić information content (AvgIpc) is 3.28. The number of pyridine rings is 1. The van der Waals surface area contributed by atoms with Crippen molar-refractivity contribution in [2.75, 3.05) is 51.2 Å². The van der Waals surface area contributed by atoms with Gasteiger partial charge in [0.2, 0.25) is 0 Å². The van der Waals surface area contributed by atoms with Gasteiger partial charge >= 0.3 is 6.18 Å². The van der Waals surface area contributed by atoms with Crippen molar-refractivity contribution in [3.63, 3.8) is 0 Å². The van der Waals surface area contributed by atoms with E-state index in [2.05, 4.69) is 27.6 Å². The van der Waals surface area contributed by atoms with E-state index in [0.29, 0.717) is 24.8 Å². The number of aromatic nitrogens is 1. The lowest BCUT2D eigenvalue weighted by Crippen LogP contribution is -2.45. The summed E-state index contributed by atoms with van der Waals surface area (Å²) >= 11 is 6.09. The first-order valence-electron chi connectivity index (χ1n) is 9.97. The van der Waals surface area contributed by atoms with Gasteiger partial charge in [0, 0.05) is 45.0 Å². The molecule has 2 saturated heterocycles. The van der Waals surface area contributed by atoms with Crippen LogP contribution in [-0.4, -0.2) is 68.2 Å². The first kappa shape index (κ1) is 22.0. The molecule has 2 N–H and O–H groups in total. The van der Waals surface area contributed by atoms with Crippen molar-refractivity contribution in [3.05, 3.63) is 22.8 Å². The fourth-order valence-corrected chi connectivity index (χ4v) is 4.08. The minimum atomic E-state index is -4.45. The van der Waals surface area contributed by atoms with Gasteiger partial charge in [-0.1, -0.05) is 11.6 Å². The van der Waals surface area contributed by atoms with Crippen molar-refractivity contribution >= 4 is 23.4 Å². The third-order valence-corrected chi connectivity index (χ3v) is 5.60. The number of alkyl halides is 3. The molecule has 1 aromatic heterocycles. The van der Waals surface area contributed by atoms with E-state index in [1.807, 2.05) is 11.8 Å². The van der Waals surface area contributed by atoms with Gasteiger partial charge in [-0.2, -0.15) is 13.2 Å². The fourth-order valence-electron chi connectivity index (χ4n) is 3.80. The number of rotatable bonds is 5. The second-order valence-corrected chi connectivity index (χ2v) is 8.15. The topological polar surface area (TPSA) is 55.8 Å². The van der Waals surface area contributed by atoms with Crippen LogP contribution >= 0.6 is 11.6 Å². The van der Waals surface area contributed by atoms with Crippen molar-refractivity contribution < 1.29 is 13.2 Å². The molecule has 2 aliphatic rings. The van der Waals surface area contributed by atoms with Gasteiger partial charge in [0.25, 0.3) is 0 Å². The minimum absolute atomic E-state index is 0.0198. The molecular weight excluding hydrogens is 405 g/mol. The highest BCUT2D eigenvalue weighted by Crippen LogP contribution is 2.34. The van der Waals surface area contributed by atoms with Gasteiger partial charge in [-0.15, -0.1) is 0 Å². The first-order chi connectivity index (χ1) is 13.8. The maximum atomic E-state index is 12.8. The molecule has 0 radical (unpaired) electrons. The Balaban J connectivity index is 1.59. The smallest absolute Gasteiger partial charge is 0.357 e. The molecule has 29 heavy (non-hydrogen) atoms. The zero-order valence-corrected chi connectivity index (χ0v) is 17.5. The molecule has 0 aliphatic carbocycles. The van der Waals surface area contributed by atoms with Crippen LogP contribution in [0.15, 0.2) is 17.3 Å². The van der Waals surface area contributed by atoms with Crippen LogP contribution in [0.5, 0.6) is 0 Å². The lowest BCUT2D eigenvalue weighted by Gasteiger charge is -2.21. The van der Waals surface area contributed by atoms with E-state index < -0.39 is 11.7 Å². The van der Waals surface area contributed by atoms with Crippen molar-refractivity contribution in [2.24, 2.45) is 10.9 Å². The van der Waals surface area contributed by atoms with E-state index in [-0.39, 0.29) is 11.1 Å². The number of guanidine groups is 1. The van der Waals surface area contributed by atoms with Gasteiger partial charge in [-0.25, -0.2) is 4.98 Å². The molecule has 10 heteroatoms. The molecule has 0 bridgehead atoms. The van der Waals surface area contributed by atoms with Gasteiger partial charge in [0.05, 0.1) is 10.6 Å². The Bertz CT molecular complexity index is 726. The van der Waals surface area contributed by atoms with Gasteiger partial charge in [0.1, 0.15) is 5.82 Å². The van der Waals surface area contributed by atoms with E-state index in [4.69, 9.17) is 16.6 Å². The van der Waals surface area contributed by atoms with Gasteiger partial charge in [0.15, 0.2) is 5.96 Å². The van der Waals surface area contributed by atoms with Gasteiger partial charge < -0.3 is 20.4 Å². The number of nitrogens with one attached hydrogen (secondary N) is 2. The molecule has 0 spiro atoms. The van der Waals surface area contributed by atoms with E-state index in [9.17, 15) is 13.2 Å². The van der Waals surface area contributed by atoms with Crippen LogP contribution in [0.1, 0.15) is 25.3 Å². The van der Waals surface area contributed by atoms with E-state index in [0.717, 1.165) is 57.2 Å². The highest BCUT2D eigenvalue weighted by molar-refractivity contribution is 6.33. The second-order valence-electron chi connectivity index (χ2n) is 7.74. The van der Waals surface area contributed by atoms with Crippen LogP contribution in [0.25, 0.3) is 0 Å². The molecule has 2 unspecified atom stereocenters. The highest BCUT2D eigenvalue weighted by Gasteiger charge is 2.33. The predicted octanol–water partition coefficient (Wildman–Crippen LogP) is 2.84. The molecule has 162 valence electrons. The summed E-state index contributed by atoms with van der Waals surface area (Å²) < 4.78 is 38.4. The van der Waals surface area contributed by atoms with Crippen molar-refractivity contribution in [3.8, 4) is 0 Å².